The van der Waals surface area contributed by atoms with Gasteiger partial charge in [0, 0.05) is 23.0 Å². The summed E-state index contributed by atoms with van der Waals surface area (Å²) in [6.45, 7) is 0.525. The predicted molar refractivity (Wildman–Crippen MR) is 90.6 cm³/mol. The van der Waals surface area contributed by atoms with Crippen LogP contribution in [0, 0.1) is 0 Å². The number of carbonyl (C=O) groups is 1. The van der Waals surface area contributed by atoms with Crippen LogP contribution >= 0.6 is 22.9 Å². The number of thiophene rings is 1. The first-order valence-electron chi connectivity index (χ1n) is 6.94. The van der Waals surface area contributed by atoms with Gasteiger partial charge in [-0.2, -0.15) is 0 Å². The molecule has 2 aromatic heterocycles. The molecule has 112 valence electrons. The number of halogens is 1. The molecule has 3 nitrogen and oxygen atoms in total. The summed E-state index contributed by atoms with van der Waals surface area (Å²) in [5, 5.41) is 2.91. The molecule has 0 aliphatic carbocycles. The fourth-order valence-electron chi connectivity index (χ4n) is 2.17. The molecule has 0 radical (unpaired) electrons. The topological polar surface area (TPSA) is 34.0 Å². The molecule has 0 atom stereocenters. The zero-order chi connectivity index (χ0) is 15.4. The molecule has 0 bridgehead atoms. The minimum Gasteiger partial charge on any atom is -0.351 e. The number of benzene rings is 1. The molecule has 3 rings (SSSR count). The molecular formula is C17H15ClN2OS. The average molecular weight is 331 g/mol. The molecular weight excluding hydrogens is 316 g/mol. The van der Waals surface area contributed by atoms with Crippen molar-refractivity contribution in [3.8, 4) is 5.69 Å². The minimum absolute atomic E-state index is 0.0123. The van der Waals surface area contributed by atoms with Crippen LogP contribution in [0.25, 0.3) is 5.69 Å². The summed E-state index contributed by atoms with van der Waals surface area (Å²) in [5.41, 5.74) is 2.08. The summed E-state index contributed by atoms with van der Waals surface area (Å²) in [7, 11) is 0. The molecule has 2 heterocycles. The van der Waals surface area contributed by atoms with Gasteiger partial charge in [-0.15, -0.1) is 11.3 Å². The van der Waals surface area contributed by atoms with Crippen molar-refractivity contribution in [2.45, 2.75) is 13.0 Å². The maximum Gasteiger partial charge on any atom is 0.224 e. The van der Waals surface area contributed by atoms with Crippen molar-refractivity contribution in [3.05, 3.63) is 75.7 Å². The molecule has 0 aliphatic rings. The highest BCUT2D eigenvalue weighted by Gasteiger charge is 2.05. The van der Waals surface area contributed by atoms with Gasteiger partial charge in [0.15, 0.2) is 0 Å². The maximum absolute atomic E-state index is 12.0. The van der Waals surface area contributed by atoms with Crippen LogP contribution < -0.4 is 5.32 Å². The summed E-state index contributed by atoms with van der Waals surface area (Å²) in [6.07, 6.45) is 4.37. The molecule has 22 heavy (non-hydrogen) atoms. The Labute approximate surface area is 138 Å². The van der Waals surface area contributed by atoms with E-state index in [4.69, 9.17) is 11.6 Å². The van der Waals surface area contributed by atoms with E-state index < -0.39 is 0 Å². The maximum atomic E-state index is 12.0. The predicted octanol–water partition coefficient (Wildman–Crippen LogP) is 4.05. The Balaban J connectivity index is 1.55. The first-order valence-corrected chi connectivity index (χ1v) is 8.13. The molecule has 1 aromatic carbocycles. The van der Waals surface area contributed by atoms with Crippen molar-refractivity contribution in [1.29, 1.82) is 0 Å². The minimum atomic E-state index is 0.0123. The molecule has 0 fully saturated rings. The van der Waals surface area contributed by atoms with Crippen LogP contribution in [-0.4, -0.2) is 10.5 Å². The van der Waals surface area contributed by atoms with Gasteiger partial charge in [-0.1, -0.05) is 23.7 Å². The van der Waals surface area contributed by atoms with Gasteiger partial charge < -0.3 is 9.88 Å². The molecule has 0 aliphatic heterocycles. The Hall–Kier alpha value is -2.04. The third-order valence-corrected chi connectivity index (χ3v) is 4.52. The largest absolute Gasteiger partial charge is 0.351 e. The quantitative estimate of drug-likeness (QED) is 0.752. The molecule has 0 spiro atoms. The van der Waals surface area contributed by atoms with E-state index in [2.05, 4.69) is 5.32 Å². The van der Waals surface area contributed by atoms with Crippen LogP contribution in [-0.2, 0) is 17.8 Å². The lowest BCUT2D eigenvalue weighted by Crippen LogP contribution is -2.24. The number of rotatable bonds is 5. The van der Waals surface area contributed by atoms with Crippen molar-refractivity contribution < 1.29 is 4.79 Å². The third-order valence-electron chi connectivity index (χ3n) is 3.29. The number of amides is 1. The SMILES string of the molecule is O=C(Cc1ccc(-n2cccc2)cc1)NCc1ccc(Cl)s1. The van der Waals surface area contributed by atoms with E-state index in [0.29, 0.717) is 13.0 Å². The number of carbonyl (C=O) groups excluding carboxylic acids is 1. The smallest absolute Gasteiger partial charge is 0.224 e. The van der Waals surface area contributed by atoms with Gasteiger partial charge in [0.2, 0.25) is 5.91 Å². The second-order valence-corrected chi connectivity index (χ2v) is 6.72. The highest BCUT2D eigenvalue weighted by molar-refractivity contribution is 7.16. The van der Waals surface area contributed by atoms with Gasteiger partial charge in [-0.25, -0.2) is 0 Å². The molecule has 1 N–H and O–H groups in total. The van der Waals surface area contributed by atoms with Crippen LogP contribution in [0.2, 0.25) is 4.34 Å². The number of nitrogens with one attached hydrogen (secondary N) is 1. The lowest BCUT2D eigenvalue weighted by molar-refractivity contribution is -0.120. The Kier molecular flexibility index (Phi) is 4.61. The van der Waals surface area contributed by atoms with Gasteiger partial charge in [-0.3, -0.25) is 4.79 Å². The fourth-order valence-corrected chi connectivity index (χ4v) is 3.20. The van der Waals surface area contributed by atoms with E-state index in [1.165, 1.54) is 11.3 Å². The number of hydrogen-bond donors (Lipinski definition) is 1. The number of nitrogens with zero attached hydrogens (tertiary/aromatic N) is 1. The van der Waals surface area contributed by atoms with Crippen molar-refractivity contribution in [1.82, 2.24) is 9.88 Å². The zero-order valence-electron chi connectivity index (χ0n) is 11.8. The lowest BCUT2D eigenvalue weighted by Gasteiger charge is -2.06. The van der Waals surface area contributed by atoms with Crippen LogP contribution in [0.5, 0.6) is 0 Å². The average Bonchev–Trinajstić information content (AvgIpc) is 3.17. The van der Waals surface area contributed by atoms with E-state index in [9.17, 15) is 4.79 Å². The molecule has 0 saturated heterocycles. The Morgan fingerprint density at radius 1 is 1.09 bits per heavy atom. The Morgan fingerprint density at radius 2 is 1.82 bits per heavy atom. The number of hydrogen-bond acceptors (Lipinski definition) is 2. The zero-order valence-corrected chi connectivity index (χ0v) is 13.4. The normalized spacial score (nSPS) is 10.6. The number of aromatic nitrogens is 1. The first kappa shape index (κ1) is 14.9. The molecule has 0 unspecified atom stereocenters. The van der Waals surface area contributed by atoms with Crippen LogP contribution in [0.3, 0.4) is 0 Å². The van der Waals surface area contributed by atoms with E-state index in [-0.39, 0.29) is 5.91 Å². The first-order chi connectivity index (χ1) is 10.7. The Morgan fingerprint density at radius 3 is 2.45 bits per heavy atom. The van der Waals surface area contributed by atoms with Crippen molar-refractivity contribution in [2.75, 3.05) is 0 Å². The van der Waals surface area contributed by atoms with Gasteiger partial charge in [0.25, 0.3) is 0 Å². The molecule has 0 saturated carbocycles. The van der Waals surface area contributed by atoms with E-state index in [1.54, 1.807) is 0 Å². The van der Waals surface area contributed by atoms with Crippen LogP contribution in [0.4, 0.5) is 0 Å². The van der Waals surface area contributed by atoms with Gasteiger partial charge in [-0.05, 0) is 42.0 Å². The standard InChI is InChI=1S/C17H15ClN2OS/c18-16-8-7-15(22-16)12-19-17(21)11-13-3-5-14(6-4-13)20-9-1-2-10-20/h1-10H,11-12H2,(H,19,21). The summed E-state index contributed by atoms with van der Waals surface area (Å²) < 4.78 is 2.77. The highest BCUT2D eigenvalue weighted by Crippen LogP contribution is 2.21. The summed E-state index contributed by atoms with van der Waals surface area (Å²) in [4.78, 5) is 13.0. The van der Waals surface area contributed by atoms with Crippen molar-refractivity contribution in [3.63, 3.8) is 0 Å². The third kappa shape index (κ3) is 3.78. The van der Waals surface area contributed by atoms with E-state index in [1.807, 2.05) is 65.5 Å². The van der Waals surface area contributed by atoms with Gasteiger partial charge >= 0.3 is 0 Å². The Bertz CT molecular complexity index is 747. The van der Waals surface area contributed by atoms with Crippen molar-refractivity contribution in [2.24, 2.45) is 0 Å². The fraction of sp³-hybridized carbons (Fsp3) is 0.118. The van der Waals surface area contributed by atoms with E-state index >= 15 is 0 Å². The lowest BCUT2D eigenvalue weighted by atomic mass is 10.1. The van der Waals surface area contributed by atoms with E-state index in [0.717, 1.165) is 20.5 Å². The van der Waals surface area contributed by atoms with Crippen LogP contribution in [0.15, 0.2) is 60.9 Å². The van der Waals surface area contributed by atoms with Crippen LogP contribution in [0.1, 0.15) is 10.4 Å². The van der Waals surface area contributed by atoms with Gasteiger partial charge in [0.1, 0.15) is 0 Å². The van der Waals surface area contributed by atoms with Gasteiger partial charge in [0.05, 0.1) is 17.3 Å². The molecule has 1 amide bonds. The monoisotopic (exact) mass is 330 g/mol. The second kappa shape index (κ2) is 6.81. The summed E-state index contributed by atoms with van der Waals surface area (Å²) in [6, 6.07) is 15.7. The second-order valence-electron chi connectivity index (χ2n) is 4.92. The highest BCUT2D eigenvalue weighted by atomic mass is 35.5. The molecule has 5 heteroatoms. The molecule has 3 aromatic rings. The summed E-state index contributed by atoms with van der Waals surface area (Å²) in [5.74, 6) is 0.0123. The summed E-state index contributed by atoms with van der Waals surface area (Å²) >= 11 is 7.35. The van der Waals surface area contributed by atoms with Crippen molar-refractivity contribution >= 4 is 28.8 Å².